The Morgan fingerprint density at radius 1 is 1.21 bits per heavy atom. The maximum atomic E-state index is 11.9. The van der Waals surface area contributed by atoms with Gasteiger partial charge in [-0.2, -0.15) is 23.7 Å². The minimum Gasteiger partial charge on any atom is -0.325 e. The van der Waals surface area contributed by atoms with Gasteiger partial charge >= 0.3 is 6.18 Å². The lowest BCUT2D eigenvalue weighted by Crippen LogP contribution is -2.07. The molecule has 0 aliphatic rings. The quantitative estimate of drug-likeness (QED) is 0.643. The molecule has 0 aliphatic heterocycles. The summed E-state index contributed by atoms with van der Waals surface area (Å²) in [6.07, 6.45) is -4.67. The summed E-state index contributed by atoms with van der Waals surface area (Å²) >= 11 is 0. The number of nitrogens with zero attached hydrogens (tertiary/aromatic N) is 3. The third kappa shape index (κ3) is 2.37. The van der Waals surface area contributed by atoms with Crippen LogP contribution in [-0.4, -0.2) is 33.0 Å². The first kappa shape index (κ1) is 12.7. The van der Waals surface area contributed by atoms with E-state index < -0.39 is 23.4 Å². The molecule has 14 heavy (non-hydrogen) atoms. The first-order valence-electron chi connectivity index (χ1n) is 2.96. The lowest BCUT2D eigenvalue weighted by molar-refractivity contribution is -0.144. The summed E-state index contributed by atoms with van der Waals surface area (Å²) < 4.78 is 35.8. The third-order valence-electron chi connectivity index (χ3n) is 1.19. The highest BCUT2D eigenvalue weighted by Gasteiger charge is 2.35. The van der Waals surface area contributed by atoms with Crippen LogP contribution in [0.4, 0.5) is 13.2 Å². The Morgan fingerprint density at radius 3 is 2.07 bits per heavy atom. The minimum atomic E-state index is -4.67. The van der Waals surface area contributed by atoms with Crippen molar-refractivity contribution >= 4 is 23.1 Å². The molecule has 0 bridgehead atoms. The highest BCUT2D eigenvalue weighted by Crippen LogP contribution is 2.27. The van der Waals surface area contributed by atoms with Gasteiger partial charge in [0.15, 0.2) is 11.4 Å². The molecule has 0 atom stereocenters. The Balaban J connectivity index is 0.00000169. The van der Waals surface area contributed by atoms with Crippen LogP contribution in [-0.2, 0) is 6.18 Å². The van der Waals surface area contributed by atoms with E-state index in [1.54, 1.807) is 4.98 Å². The molecule has 0 unspecified atom stereocenters. The van der Waals surface area contributed by atoms with Crippen molar-refractivity contribution in [2.45, 2.75) is 6.18 Å². The first-order valence-corrected chi connectivity index (χ1v) is 2.96. The average molecular weight is 210 g/mol. The van der Waals surface area contributed by atoms with Gasteiger partial charge in [0.2, 0.25) is 5.82 Å². The van der Waals surface area contributed by atoms with Crippen LogP contribution in [0.2, 0.25) is 0 Å². The van der Waals surface area contributed by atoms with Gasteiger partial charge < -0.3 is 4.98 Å². The van der Waals surface area contributed by atoms with E-state index in [-0.39, 0.29) is 23.1 Å². The number of nitrogens with one attached hydrogen (secondary N) is 1. The molecule has 68 valence electrons. The van der Waals surface area contributed by atoms with E-state index >= 15 is 0 Å². The summed E-state index contributed by atoms with van der Waals surface area (Å²) in [4.78, 5) is 4.61. The van der Waals surface area contributed by atoms with Gasteiger partial charge in [-0.25, -0.2) is 4.98 Å². The van der Waals surface area contributed by atoms with E-state index in [1.165, 1.54) is 12.1 Å². The van der Waals surface area contributed by atoms with Crippen molar-refractivity contribution in [1.82, 2.24) is 9.97 Å². The zero-order valence-electron chi connectivity index (χ0n) is 6.68. The SMILES string of the molecule is N#Cc1nc(C(F)(F)F)[nH]c1C#N.[Mg]. The van der Waals surface area contributed by atoms with Crippen molar-refractivity contribution in [3.63, 3.8) is 0 Å². The van der Waals surface area contributed by atoms with Gasteiger partial charge in [-0.1, -0.05) is 0 Å². The van der Waals surface area contributed by atoms with Crippen molar-refractivity contribution in [3.8, 4) is 12.1 Å². The predicted molar refractivity (Wildman–Crippen MR) is 38.8 cm³/mol. The molecule has 0 aromatic carbocycles. The number of hydrogen-bond donors (Lipinski definition) is 1. The van der Waals surface area contributed by atoms with Crippen LogP contribution in [0.3, 0.4) is 0 Å². The van der Waals surface area contributed by atoms with Crippen LogP contribution in [0.5, 0.6) is 0 Å². The third-order valence-corrected chi connectivity index (χ3v) is 1.19. The molecule has 2 radical (unpaired) electrons. The Morgan fingerprint density at radius 2 is 1.79 bits per heavy atom. The van der Waals surface area contributed by atoms with E-state index in [2.05, 4.69) is 4.98 Å². The molecule has 1 N–H and O–H groups in total. The zero-order chi connectivity index (χ0) is 10.1. The molecule has 0 fully saturated rings. The molecule has 0 aliphatic carbocycles. The zero-order valence-corrected chi connectivity index (χ0v) is 8.10. The normalized spacial score (nSPS) is 9.79. The van der Waals surface area contributed by atoms with E-state index in [0.29, 0.717) is 0 Å². The van der Waals surface area contributed by atoms with Gasteiger partial charge in [-0.15, -0.1) is 0 Å². The molecular weight excluding hydrogens is 209 g/mol. The van der Waals surface area contributed by atoms with Crippen LogP contribution in [0, 0.1) is 22.7 Å². The summed E-state index contributed by atoms with van der Waals surface area (Å²) in [5.41, 5.74) is -1.02. The standard InChI is InChI=1S/C6HF3N4.Mg/c7-6(8,9)5-12-3(1-10)4(2-11)13-5;/h(H,12,13);. The highest BCUT2D eigenvalue weighted by molar-refractivity contribution is 5.75. The topological polar surface area (TPSA) is 76.3 Å². The lowest BCUT2D eigenvalue weighted by atomic mass is 10.4. The van der Waals surface area contributed by atoms with Gasteiger partial charge in [0.1, 0.15) is 12.1 Å². The molecule has 1 aromatic heterocycles. The number of aromatic nitrogens is 2. The van der Waals surface area contributed by atoms with Crippen molar-refractivity contribution in [3.05, 3.63) is 17.2 Å². The van der Waals surface area contributed by atoms with Gasteiger partial charge in [0, 0.05) is 23.1 Å². The summed E-state index contributed by atoms with van der Waals surface area (Å²) in [7, 11) is 0. The number of nitriles is 2. The minimum absolute atomic E-state index is 0. The molecule has 1 heterocycles. The second kappa shape index (κ2) is 4.31. The summed E-state index contributed by atoms with van der Waals surface area (Å²) in [6, 6.07) is 2.77. The first-order chi connectivity index (χ1) is 5.99. The fraction of sp³-hybridized carbons (Fsp3) is 0.167. The van der Waals surface area contributed by atoms with E-state index in [0.717, 1.165) is 0 Å². The molecule has 1 rings (SSSR count). The number of aromatic amines is 1. The number of hydrogen-bond acceptors (Lipinski definition) is 3. The van der Waals surface area contributed by atoms with Crippen LogP contribution in [0.15, 0.2) is 0 Å². The van der Waals surface area contributed by atoms with E-state index in [9.17, 15) is 13.2 Å². The second-order valence-electron chi connectivity index (χ2n) is 2.03. The van der Waals surface area contributed by atoms with E-state index in [1.807, 2.05) is 0 Å². The number of rotatable bonds is 0. The monoisotopic (exact) mass is 210 g/mol. The lowest BCUT2D eigenvalue weighted by Gasteiger charge is -1.98. The fourth-order valence-electron chi connectivity index (χ4n) is 0.669. The van der Waals surface area contributed by atoms with Gasteiger partial charge in [-0.05, 0) is 0 Å². The summed E-state index contributed by atoms with van der Waals surface area (Å²) in [6.45, 7) is 0. The highest BCUT2D eigenvalue weighted by atomic mass is 24.3. The number of alkyl halides is 3. The molecule has 0 saturated heterocycles. The van der Waals surface area contributed by atoms with Crippen LogP contribution >= 0.6 is 0 Å². The smallest absolute Gasteiger partial charge is 0.325 e. The van der Waals surface area contributed by atoms with Crippen LogP contribution < -0.4 is 0 Å². The van der Waals surface area contributed by atoms with Crippen molar-refractivity contribution in [2.24, 2.45) is 0 Å². The van der Waals surface area contributed by atoms with Crippen molar-refractivity contribution < 1.29 is 13.2 Å². The van der Waals surface area contributed by atoms with Gasteiger partial charge in [0.05, 0.1) is 0 Å². The number of H-pyrrole nitrogens is 1. The molecule has 4 nitrogen and oxygen atoms in total. The van der Waals surface area contributed by atoms with Crippen LogP contribution in [0.25, 0.3) is 0 Å². The Labute approximate surface area is 92.5 Å². The van der Waals surface area contributed by atoms with Gasteiger partial charge in [-0.3, -0.25) is 0 Å². The maximum Gasteiger partial charge on any atom is 0.449 e. The Hall–Kier alpha value is -1.25. The molecule has 0 amide bonds. The molecule has 0 spiro atoms. The number of imidazole rings is 1. The fourth-order valence-corrected chi connectivity index (χ4v) is 0.669. The average Bonchev–Trinajstić information content (AvgIpc) is 2.45. The summed E-state index contributed by atoms with van der Waals surface area (Å²) in [5, 5.41) is 16.6. The largest absolute Gasteiger partial charge is 0.449 e. The second-order valence-corrected chi connectivity index (χ2v) is 2.03. The van der Waals surface area contributed by atoms with Crippen molar-refractivity contribution in [1.29, 1.82) is 10.5 Å². The maximum absolute atomic E-state index is 11.9. The van der Waals surface area contributed by atoms with Crippen LogP contribution in [0.1, 0.15) is 17.2 Å². The predicted octanol–water partition coefficient (Wildman–Crippen LogP) is 0.791. The summed E-state index contributed by atoms with van der Waals surface area (Å²) in [5.74, 6) is -1.33. The van der Waals surface area contributed by atoms with Crippen molar-refractivity contribution in [2.75, 3.05) is 0 Å². The Bertz CT molecular complexity index is 377. The Kier molecular flexibility index (Phi) is 3.92. The van der Waals surface area contributed by atoms with E-state index in [4.69, 9.17) is 10.5 Å². The molecule has 0 saturated carbocycles. The molecular formula is C6HF3MgN4. The molecule has 8 heteroatoms. The molecule has 1 aromatic rings. The van der Waals surface area contributed by atoms with Gasteiger partial charge in [0.25, 0.3) is 0 Å². The number of halogens is 3.